The summed E-state index contributed by atoms with van der Waals surface area (Å²) in [5.74, 6) is -1.29. The van der Waals surface area contributed by atoms with Crippen LogP contribution in [0.3, 0.4) is 0 Å². The molecule has 0 saturated carbocycles. The highest BCUT2D eigenvalue weighted by molar-refractivity contribution is 9.10. The van der Waals surface area contributed by atoms with Crippen molar-refractivity contribution < 1.29 is 13.9 Å². The van der Waals surface area contributed by atoms with Crippen LogP contribution in [0.1, 0.15) is 29.7 Å². The van der Waals surface area contributed by atoms with Gasteiger partial charge in [0.2, 0.25) is 0 Å². The van der Waals surface area contributed by atoms with E-state index in [9.17, 15) is 13.9 Å². The molecule has 1 N–H and O–H groups in total. The van der Waals surface area contributed by atoms with Gasteiger partial charge in [0.15, 0.2) is 0 Å². The highest BCUT2D eigenvalue weighted by atomic mass is 79.9. The van der Waals surface area contributed by atoms with Gasteiger partial charge in [-0.3, -0.25) is 0 Å². The lowest BCUT2D eigenvalue weighted by atomic mass is 9.95. The fourth-order valence-electron chi connectivity index (χ4n) is 2.24. The normalized spacial score (nSPS) is 12.4. The van der Waals surface area contributed by atoms with E-state index < -0.39 is 17.7 Å². The molecular formula is C16H15BrF2O. The molecule has 0 bridgehead atoms. The van der Waals surface area contributed by atoms with E-state index in [0.717, 1.165) is 12.0 Å². The largest absolute Gasteiger partial charge is 0.388 e. The Labute approximate surface area is 125 Å². The first-order chi connectivity index (χ1) is 9.54. The molecule has 0 heterocycles. The van der Waals surface area contributed by atoms with Crippen LogP contribution in [0.4, 0.5) is 8.78 Å². The summed E-state index contributed by atoms with van der Waals surface area (Å²) < 4.78 is 27.8. The van der Waals surface area contributed by atoms with E-state index in [-0.39, 0.29) is 16.5 Å². The van der Waals surface area contributed by atoms with Crippen molar-refractivity contribution in [3.8, 4) is 0 Å². The summed E-state index contributed by atoms with van der Waals surface area (Å²) in [6, 6.07) is 9.91. The van der Waals surface area contributed by atoms with Crippen molar-refractivity contribution in [1.29, 1.82) is 0 Å². The molecule has 0 spiro atoms. The van der Waals surface area contributed by atoms with Gasteiger partial charge in [0.1, 0.15) is 11.6 Å². The first kappa shape index (κ1) is 15.1. The van der Waals surface area contributed by atoms with Gasteiger partial charge in [-0.1, -0.05) is 31.2 Å². The van der Waals surface area contributed by atoms with Crippen molar-refractivity contribution in [3.63, 3.8) is 0 Å². The average Bonchev–Trinajstić information content (AvgIpc) is 2.47. The van der Waals surface area contributed by atoms with Crippen molar-refractivity contribution in [2.75, 3.05) is 0 Å². The maximum absolute atomic E-state index is 13.9. The van der Waals surface area contributed by atoms with E-state index in [1.165, 1.54) is 12.1 Å². The zero-order valence-corrected chi connectivity index (χ0v) is 12.6. The lowest BCUT2D eigenvalue weighted by Gasteiger charge is -2.16. The van der Waals surface area contributed by atoms with Gasteiger partial charge < -0.3 is 5.11 Å². The molecule has 1 nitrogen and oxygen atoms in total. The molecule has 2 aromatic rings. The van der Waals surface area contributed by atoms with Gasteiger partial charge in [-0.25, -0.2) is 8.78 Å². The lowest BCUT2D eigenvalue weighted by molar-refractivity contribution is 0.174. The minimum absolute atomic E-state index is 0.0892. The summed E-state index contributed by atoms with van der Waals surface area (Å²) in [6.07, 6.45) is -0.255. The third kappa shape index (κ3) is 3.07. The van der Waals surface area contributed by atoms with Gasteiger partial charge in [-0.15, -0.1) is 0 Å². The molecule has 2 aromatic carbocycles. The van der Waals surface area contributed by atoms with Crippen molar-refractivity contribution >= 4 is 15.9 Å². The van der Waals surface area contributed by atoms with Crippen molar-refractivity contribution in [3.05, 3.63) is 69.2 Å². The van der Waals surface area contributed by atoms with E-state index in [1.54, 1.807) is 6.07 Å². The molecule has 1 unspecified atom stereocenters. The average molecular weight is 341 g/mol. The maximum atomic E-state index is 13.9. The predicted molar refractivity (Wildman–Crippen MR) is 78.5 cm³/mol. The molecule has 1 atom stereocenters. The first-order valence-corrected chi connectivity index (χ1v) is 7.22. The molecule has 2 rings (SSSR count). The molecule has 106 valence electrons. The standard InChI is InChI=1S/C16H15BrF2O/c1-2-10-5-3-4-6-11(10)15(20)9-12-14(18)8-7-13(17)16(12)19/h3-8,15,20H,2,9H2,1H3. The molecule has 0 aliphatic heterocycles. The number of aryl methyl sites for hydroxylation is 1. The number of rotatable bonds is 4. The van der Waals surface area contributed by atoms with Gasteiger partial charge in [0, 0.05) is 12.0 Å². The molecule has 4 heteroatoms. The predicted octanol–water partition coefficient (Wildman–Crippen LogP) is 4.57. The monoisotopic (exact) mass is 340 g/mol. The highest BCUT2D eigenvalue weighted by Gasteiger charge is 2.18. The molecule has 0 saturated heterocycles. The summed E-state index contributed by atoms with van der Waals surface area (Å²) in [5, 5.41) is 10.3. The molecule has 0 aromatic heterocycles. The fraction of sp³-hybridized carbons (Fsp3) is 0.250. The van der Waals surface area contributed by atoms with Crippen LogP contribution >= 0.6 is 15.9 Å². The summed E-state index contributed by atoms with van der Waals surface area (Å²) in [4.78, 5) is 0. The summed E-state index contributed by atoms with van der Waals surface area (Å²) in [6.45, 7) is 1.98. The van der Waals surface area contributed by atoms with Gasteiger partial charge in [0.25, 0.3) is 0 Å². The Hall–Kier alpha value is -1.26. The third-order valence-electron chi connectivity index (χ3n) is 3.33. The number of halogens is 3. The molecule has 0 amide bonds. The van der Waals surface area contributed by atoms with E-state index in [4.69, 9.17) is 0 Å². The SMILES string of the molecule is CCc1ccccc1C(O)Cc1c(F)ccc(Br)c1F. The molecule has 0 aliphatic rings. The molecule has 0 radical (unpaired) electrons. The number of benzene rings is 2. The van der Waals surface area contributed by atoms with Crippen LogP contribution in [0.5, 0.6) is 0 Å². The smallest absolute Gasteiger partial charge is 0.143 e. The van der Waals surface area contributed by atoms with Crippen LogP contribution in [-0.2, 0) is 12.8 Å². The Kier molecular flexibility index (Phi) is 4.89. The molecular weight excluding hydrogens is 326 g/mol. The maximum Gasteiger partial charge on any atom is 0.143 e. The Morgan fingerprint density at radius 2 is 1.85 bits per heavy atom. The topological polar surface area (TPSA) is 20.2 Å². The number of hydrogen-bond donors (Lipinski definition) is 1. The van der Waals surface area contributed by atoms with Gasteiger partial charge in [-0.2, -0.15) is 0 Å². The van der Waals surface area contributed by atoms with Crippen LogP contribution in [0.25, 0.3) is 0 Å². The van der Waals surface area contributed by atoms with E-state index in [1.807, 2.05) is 25.1 Å². The zero-order chi connectivity index (χ0) is 14.7. The Morgan fingerprint density at radius 1 is 1.15 bits per heavy atom. The van der Waals surface area contributed by atoms with Gasteiger partial charge in [-0.05, 0) is 45.6 Å². The third-order valence-corrected chi connectivity index (χ3v) is 3.94. The van der Waals surface area contributed by atoms with Crippen molar-refractivity contribution in [2.45, 2.75) is 25.9 Å². The summed E-state index contributed by atoms with van der Waals surface area (Å²) in [7, 11) is 0. The van der Waals surface area contributed by atoms with E-state index in [0.29, 0.717) is 5.56 Å². The molecule has 20 heavy (non-hydrogen) atoms. The van der Waals surface area contributed by atoms with Gasteiger partial charge in [0.05, 0.1) is 10.6 Å². The Morgan fingerprint density at radius 3 is 2.55 bits per heavy atom. The van der Waals surface area contributed by atoms with Crippen LogP contribution < -0.4 is 0 Å². The quantitative estimate of drug-likeness (QED) is 0.808. The highest BCUT2D eigenvalue weighted by Crippen LogP contribution is 2.28. The second-order valence-corrected chi connectivity index (χ2v) is 5.45. The van der Waals surface area contributed by atoms with Gasteiger partial charge >= 0.3 is 0 Å². The van der Waals surface area contributed by atoms with E-state index in [2.05, 4.69) is 15.9 Å². The summed E-state index contributed by atoms with van der Waals surface area (Å²) in [5.41, 5.74) is 1.60. The van der Waals surface area contributed by atoms with Crippen LogP contribution in [-0.4, -0.2) is 5.11 Å². The van der Waals surface area contributed by atoms with Crippen LogP contribution in [0.2, 0.25) is 0 Å². The number of aliphatic hydroxyl groups excluding tert-OH is 1. The van der Waals surface area contributed by atoms with Crippen molar-refractivity contribution in [2.24, 2.45) is 0 Å². The Balaban J connectivity index is 2.33. The number of hydrogen-bond acceptors (Lipinski definition) is 1. The second kappa shape index (κ2) is 6.46. The van der Waals surface area contributed by atoms with Crippen molar-refractivity contribution in [1.82, 2.24) is 0 Å². The fourth-order valence-corrected chi connectivity index (χ4v) is 2.61. The minimum atomic E-state index is -0.926. The number of aliphatic hydroxyl groups is 1. The minimum Gasteiger partial charge on any atom is -0.388 e. The first-order valence-electron chi connectivity index (χ1n) is 6.42. The lowest BCUT2D eigenvalue weighted by Crippen LogP contribution is -2.08. The molecule has 0 aliphatic carbocycles. The van der Waals surface area contributed by atoms with E-state index >= 15 is 0 Å². The molecule has 0 fully saturated rings. The Bertz CT molecular complexity index is 613. The van der Waals surface area contributed by atoms with Crippen LogP contribution in [0.15, 0.2) is 40.9 Å². The van der Waals surface area contributed by atoms with Crippen LogP contribution in [0, 0.1) is 11.6 Å². The summed E-state index contributed by atoms with van der Waals surface area (Å²) >= 11 is 3.03. The zero-order valence-electron chi connectivity index (χ0n) is 11.0. The second-order valence-electron chi connectivity index (χ2n) is 4.59.